The number of rotatable bonds is 5. The van der Waals surface area contributed by atoms with Crippen molar-refractivity contribution in [2.75, 3.05) is 23.0 Å². The summed E-state index contributed by atoms with van der Waals surface area (Å²) in [6.45, 7) is 1.17. The fourth-order valence-electron chi connectivity index (χ4n) is 1.86. The Balaban J connectivity index is 2.08. The van der Waals surface area contributed by atoms with Crippen molar-refractivity contribution in [2.24, 2.45) is 0 Å². The van der Waals surface area contributed by atoms with E-state index in [9.17, 15) is 0 Å². The number of para-hydroxylation sites is 1. The lowest BCUT2D eigenvalue weighted by molar-refractivity contribution is 0.759. The average molecular weight is 318 g/mol. The summed E-state index contributed by atoms with van der Waals surface area (Å²) in [7, 11) is 0. The minimum absolute atomic E-state index is 0.563. The maximum atomic E-state index is 3.49. The summed E-state index contributed by atoms with van der Waals surface area (Å²) in [6, 6.07) is 8.74. The SMILES string of the molecule is CSC1Sc2ccccc2N1CCCCBr. The van der Waals surface area contributed by atoms with Crippen molar-refractivity contribution < 1.29 is 0 Å². The number of anilines is 1. The van der Waals surface area contributed by atoms with Gasteiger partial charge in [0.25, 0.3) is 0 Å². The summed E-state index contributed by atoms with van der Waals surface area (Å²) < 4.78 is 0.563. The first kappa shape index (κ1) is 12.7. The molecule has 0 radical (unpaired) electrons. The van der Waals surface area contributed by atoms with Crippen LogP contribution in [-0.4, -0.2) is 22.8 Å². The lowest BCUT2D eigenvalue weighted by Crippen LogP contribution is -2.27. The van der Waals surface area contributed by atoms with Gasteiger partial charge in [0.15, 0.2) is 0 Å². The van der Waals surface area contributed by atoms with Gasteiger partial charge in [-0.3, -0.25) is 0 Å². The molecule has 4 heteroatoms. The predicted octanol–water partition coefficient (Wildman–Crippen LogP) is 4.42. The lowest BCUT2D eigenvalue weighted by Gasteiger charge is -2.24. The number of nitrogens with zero attached hydrogens (tertiary/aromatic N) is 1. The molecule has 1 atom stereocenters. The normalized spacial score (nSPS) is 18.9. The first-order valence-corrected chi connectivity index (χ1v) is 8.77. The van der Waals surface area contributed by atoms with Gasteiger partial charge in [0.05, 0.1) is 5.69 Å². The Morgan fingerprint density at radius 2 is 2.19 bits per heavy atom. The number of halogens is 1. The molecule has 1 aromatic carbocycles. The Hall–Kier alpha value is 0.200. The molecule has 0 aromatic heterocycles. The van der Waals surface area contributed by atoms with Gasteiger partial charge in [-0.15, -0.1) is 11.8 Å². The van der Waals surface area contributed by atoms with E-state index >= 15 is 0 Å². The van der Waals surface area contributed by atoms with Crippen LogP contribution in [0.5, 0.6) is 0 Å². The zero-order chi connectivity index (χ0) is 11.4. The van der Waals surface area contributed by atoms with Crippen LogP contribution in [0, 0.1) is 0 Å². The summed E-state index contributed by atoms with van der Waals surface area (Å²) in [5, 5.41) is 1.11. The molecule has 1 unspecified atom stereocenters. The van der Waals surface area contributed by atoms with Gasteiger partial charge < -0.3 is 4.90 Å². The van der Waals surface area contributed by atoms with E-state index in [1.54, 1.807) is 0 Å². The fraction of sp³-hybridized carbons (Fsp3) is 0.500. The van der Waals surface area contributed by atoms with Gasteiger partial charge in [-0.05, 0) is 31.2 Å². The van der Waals surface area contributed by atoms with Crippen LogP contribution in [0.4, 0.5) is 5.69 Å². The van der Waals surface area contributed by atoms with Crippen molar-refractivity contribution in [3.63, 3.8) is 0 Å². The number of unbranched alkanes of at least 4 members (excludes halogenated alkanes) is 1. The number of alkyl halides is 1. The van der Waals surface area contributed by atoms with Crippen LogP contribution in [0.25, 0.3) is 0 Å². The molecule has 0 aliphatic carbocycles. The highest BCUT2D eigenvalue weighted by Crippen LogP contribution is 2.46. The fourth-order valence-corrected chi connectivity index (χ4v) is 4.45. The van der Waals surface area contributed by atoms with Crippen LogP contribution in [-0.2, 0) is 0 Å². The molecule has 1 aliphatic rings. The van der Waals surface area contributed by atoms with Crippen molar-refractivity contribution in [1.29, 1.82) is 0 Å². The Kier molecular flexibility index (Phi) is 4.92. The zero-order valence-corrected chi connectivity index (χ0v) is 12.6. The van der Waals surface area contributed by atoms with Gasteiger partial charge in [-0.25, -0.2) is 0 Å². The smallest absolute Gasteiger partial charge is 0.126 e. The molecular formula is C12H16BrNS2. The van der Waals surface area contributed by atoms with Crippen molar-refractivity contribution in [3.05, 3.63) is 24.3 Å². The second kappa shape index (κ2) is 6.22. The summed E-state index contributed by atoms with van der Waals surface area (Å²) in [5.41, 5.74) is 1.42. The highest BCUT2D eigenvalue weighted by Gasteiger charge is 2.28. The second-order valence-electron chi connectivity index (χ2n) is 3.72. The summed E-state index contributed by atoms with van der Waals surface area (Å²) in [5.74, 6) is 0. The van der Waals surface area contributed by atoms with Crippen LogP contribution < -0.4 is 4.90 Å². The van der Waals surface area contributed by atoms with E-state index in [1.807, 2.05) is 23.5 Å². The predicted molar refractivity (Wildman–Crippen MR) is 80.0 cm³/mol. The minimum Gasteiger partial charge on any atom is -0.350 e. The first-order valence-electron chi connectivity index (χ1n) is 5.48. The number of fused-ring (bicyclic) bond motifs is 1. The molecule has 2 rings (SSSR count). The molecule has 1 aliphatic heterocycles. The zero-order valence-electron chi connectivity index (χ0n) is 9.36. The van der Waals surface area contributed by atoms with Gasteiger partial charge in [-0.1, -0.05) is 39.8 Å². The van der Waals surface area contributed by atoms with E-state index in [-0.39, 0.29) is 0 Å². The summed E-state index contributed by atoms with van der Waals surface area (Å²) in [4.78, 5) is 3.97. The van der Waals surface area contributed by atoms with Gasteiger partial charge in [0.1, 0.15) is 4.71 Å². The van der Waals surface area contributed by atoms with Crippen LogP contribution >= 0.6 is 39.5 Å². The molecular weight excluding hydrogens is 302 g/mol. The number of thioether (sulfide) groups is 2. The van der Waals surface area contributed by atoms with E-state index < -0.39 is 0 Å². The standard InChI is InChI=1S/C12H16BrNS2/c1-15-12-14(9-5-4-8-13)10-6-2-3-7-11(10)16-12/h2-3,6-7,12H,4-5,8-9H2,1H3. The van der Waals surface area contributed by atoms with E-state index in [4.69, 9.17) is 0 Å². The maximum absolute atomic E-state index is 3.49. The van der Waals surface area contributed by atoms with E-state index in [2.05, 4.69) is 51.4 Å². The molecule has 0 amide bonds. The van der Waals surface area contributed by atoms with Gasteiger partial charge >= 0.3 is 0 Å². The van der Waals surface area contributed by atoms with Crippen molar-refractivity contribution in [1.82, 2.24) is 0 Å². The number of benzene rings is 1. The first-order chi connectivity index (χ1) is 7.86. The Bertz CT molecular complexity index is 346. The molecule has 0 spiro atoms. The molecule has 1 heterocycles. The molecule has 88 valence electrons. The van der Waals surface area contributed by atoms with Crippen LogP contribution in [0.1, 0.15) is 12.8 Å². The molecule has 0 fully saturated rings. The van der Waals surface area contributed by atoms with Crippen molar-refractivity contribution in [2.45, 2.75) is 22.4 Å². The molecule has 16 heavy (non-hydrogen) atoms. The number of hydrogen-bond donors (Lipinski definition) is 0. The molecule has 0 saturated carbocycles. The van der Waals surface area contributed by atoms with Gasteiger partial charge in [0.2, 0.25) is 0 Å². The van der Waals surface area contributed by atoms with Crippen LogP contribution in [0.2, 0.25) is 0 Å². The monoisotopic (exact) mass is 317 g/mol. The van der Waals surface area contributed by atoms with Crippen molar-refractivity contribution >= 4 is 45.1 Å². The van der Waals surface area contributed by atoms with Crippen molar-refractivity contribution in [3.8, 4) is 0 Å². The van der Waals surface area contributed by atoms with E-state index in [0.29, 0.717) is 4.71 Å². The highest BCUT2D eigenvalue weighted by atomic mass is 79.9. The molecule has 0 N–H and O–H groups in total. The Morgan fingerprint density at radius 1 is 1.38 bits per heavy atom. The third-order valence-corrected chi connectivity index (χ3v) is 5.78. The lowest BCUT2D eigenvalue weighted by atomic mass is 10.2. The molecule has 0 saturated heterocycles. The Labute approximate surface area is 114 Å². The minimum atomic E-state index is 0.563. The highest BCUT2D eigenvalue weighted by molar-refractivity contribution is 9.09. The molecule has 1 nitrogen and oxygen atoms in total. The quantitative estimate of drug-likeness (QED) is 0.584. The van der Waals surface area contributed by atoms with Crippen LogP contribution in [0.15, 0.2) is 29.2 Å². The molecule has 1 aromatic rings. The third kappa shape index (κ3) is 2.71. The van der Waals surface area contributed by atoms with Crippen LogP contribution in [0.3, 0.4) is 0 Å². The number of hydrogen-bond acceptors (Lipinski definition) is 3. The largest absolute Gasteiger partial charge is 0.350 e. The maximum Gasteiger partial charge on any atom is 0.126 e. The average Bonchev–Trinajstić information content (AvgIpc) is 2.68. The van der Waals surface area contributed by atoms with E-state index in [0.717, 1.165) is 5.33 Å². The van der Waals surface area contributed by atoms with Gasteiger partial charge in [0, 0.05) is 16.8 Å². The Morgan fingerprint density at radius 3 is 2.94 bits per heavy atom. The van der Waals surface area contributed by atoms with E-state index in [1.165, 1.54) is 30.0 Å². The summed E-state index contributed by atoms with van der Waals surface area (Å²) in [6.07, 6.45) is 4.71. The topological polar surface area (TPSA) is 3.24 Å². The summed E-state index contributed by atoms with van der Waals surface area (Å²) >= 11 is 7.41. The molecule has 0 bridgehead atoms. The second-order valence-corrected chi connectivity index (χ2v) is 6.85. The third-order valence-electron chi connectivity index (χ3n) is 2.64. The van der Waals surface area contributed by atoms with Gasteiger partial charge in [-0.2, -0.15) is 0 Å².